The Balaban J connectivity index is 1.50. The summed E-state index contributed by atoms with van der Waals surface area (Å²) < 4.78 is 37.2. The average molecular weight is 529 g/mol. The highest BCUT2D eigenvalue weighted by atomic mass is 32.2. The summed E-state index contributed by atoms with van der Waals surface area (Å²) in [5.41, 5.74) is 3.00. The number of fused-ring (bicyclic) bond motifs is 2. The van der Waals surface area contributed by atoms with E-state index in [2.05, 4.69) is 15.4 Å². The van der Waals surface area contributed by atoms with Gasteiger partial charge in [-0.3, -0.25) is 0 Å². The van der Waals surface area contributed by atoms with Crippen LogP contribution in [-0.2, 0) is 10.0 Å². The van der Waals surface area contributed by atoms with Crippen LogP contribution in [0, 0.1) is 13.8 Å². The van der Waals surface area contributed by atoms with Crippen molar-refractivity contribution in [2.75, 3.05) is 44.4 Å². The molecule has 5 rings (SSSR count). The minimum Gasteiger partial charge on any atom is -0.491 e. The lowest BCUT2D eigenvalue weighted by Crippen LogP contribution is -2.48. The van der Waals surface area contributed by atoms with Gasteiger partial charge in [0.15, 0.2) is 5.82 Å². The highest BCUT2D eigenvalue weighted by Crippen LogP contribution is 2.38. The smallest absolute Gasteiger partial charge is 0.211 e. The van der Waals surface area contributed by atoms with Gasteiger partial charge in [0, 0.05) is 43.3 Å². The number of hydrogen-bond acceptors (Lipinski definition) is 10. The molecule has 0 radical (unpaired) electrons. The molecule has 2 saturated heterocycles. The first-order valence-electron chi connectivity index (χ1n) is 12.3. The van der Waals surface area contributed by atoms with Crippen molar-refractivity contribution in [3.63, 3.8) is 0 Å². The summed E-state index contributed by atoms with van der Waals surface area (Å²) >= 11 is 0. The summed E-state index contributed by atoms with van der Waals surface area (Å²) in [7, 11) is -1.47. The molecule has 0 spiro atoms. The van der Waals surface area contributed by atoms with Gasteiger partial charge in [-0.15, -0.1) is 0 Å². The second-order valence-electron chi connectivity index (χ2n) is 9.71. The number of anilines is 1. The maximum Gasteiger partial charge on any atom is 0.211 e. The van der Waals surface area contributed by atoms with Crippen LogP contribution in [0.1, 0.15) is 17.9 Å². The molecule has 11 nitrogen and oxygen atoms in total. The molecule has 0 amide bonds. The first-order chi connectivity index (χ1) is 17.6. The third-order valence-electron chi connectivity index (χ3n) is 6.89. The van der Waals surface area contributed by atoms with Crippen LogP contribution in [0.2, 0.25) is 0 Å². The lowest BCUT2D eigenvalue weighted by atomic mass is 10.1. The van der Waals surface area contributed by atoms with Gasteiger partial charge in [-0.05, 0) is 39.4 Å². The number of rotatable bonds is 9. The number of ether oxygens (including phenoxy) is 1. The largest absolute Gasteiger partial charge is 0.491 e. The predicted molar refractivity (Wildman–Crippen MR) is 139 cm³/mol. The van der Waals surface area contributed by atoms with E-state index in [0.717, 1.165) is 29.1 Å². The van der Waals surface area contributed by atoms with E-state index in [1.807, 2.05) is 44.2 Å². The first kappa shape index (κ1) is 25.6. The van der Waals surface area contributed by atoms with E-state index in [-0.39, 0.29) is 18.7 Å². The van der Waals surface area contributed by atoms with Gasteiger partial charge in [0.05, 0.1) is 23.2 Å². The zero-order chi connectivity index (χ0) is 26.3. The molecule has 3 aromatic rings. The van der Waals surface area contributed by atoms with Crippen molar-refractivity contribution >= 4 is 15.8 Å². The molecule has 2 aromatic heterocycles. The summed E-state index contributed by atoms with van der Waals surface area (Å²) in [5, 5.41) is 17.0. The van der Waals surface area contributed by atoms with Crippen molar-refractivity contribution in [2.45, 2.75) is 38.5 Å². The van der Waals surface area contributed by atoms with Gasteiger partial charge >= 0.3 is 0 Å². The maximum absolute atomic E-state index is 12.2. The number of nitrogens with zero attached hydrogens (tertiary/aromatic N) is 5. The normalized spacial score (nSPS) is 20.5. The highest BCUT2D eigenvalue weighted by molar-refractivity contribution is 7.88. The van der Waals surface area contributed by atoms with Gasteiger partial charge < -0.3 is 24.6 Å². The van der Waals surface area contributed by atoms with Crippen molar-refractivity contribution in [1.29, 1.82) is 0 Å². The Morgan fingerprint density at radius 1 is 1.22 bits per heavy atom. The molecule has 1 unspecified atom stereocenters. The second kappa shape index (κ2) is 10.0. The second-order valence-corrected chi connectivity index (χ2v) is 11.6. The molecule has 0 aliphatic carbocycles. The summed E-state index contributed by atoms with van der Waals surface area (Å²) in [6, 6.07) is 9.36. The minimum absolute atomic E-state index is 0.0447. The zero-order valence-electron chi connectivity index (χ0n) is 21.4. The minimum atomic E-state index is -3.25. The summed E-state index contributed by atoms with van der Waals surface area (Å²) in [5.74, 6) is 2.51. The Morgan fingerprint density at radius 2 is 2.03 bits per heavy atom. The molecule has 2 aliphatic heterocycles. The molecule has 3 atom stereocenters. The van der Waals surface area contributed by atoms with Gasteiger partial charge in [-0.25, -0.2) is 18.4 Å². The Bertz CT molecular complexity index is 1370. The summed E-state index contributed by atoms with van der Waals surface area (Å²) in [6.45, 7) is 5.33. The lowest BCUT2D eigenvalue weighted by Gasteiger charge is -2.33. The molecular formula is C25H32N6O5S. The molecule has 12 heteroatoms. The van der Waals surface area contributed by atoms with Gasteiger partial charge in [0.25, 0.3) is 0 Å². The number of benzene rings is 1. The van der Waals surface area contributed by atoms with Gasteiger partial charge in [-0.1, -0.05) is 17.3 Å². The zero-order valence-corrected chi connectivity index (χ0v) is 22.2. The Kier molecular flexibility index (Phi) is 6.92. The number of aliphatic hydroxyl groups excluding tert-OH is 1. The van der Waals surface area contributed by atoms with Crippen LogP contribution in [0.4, 0.5) is 5.82 Å². The van der Waals surface area contributed by atoms with E-state index >= 15 is 0 Å². The van der Waals surface area contributed by atoms with E-state index in [9.17, 15) is 13.5 Å². The SMILES string of the molecule is CNCC(O)COc1cccc(-c2nc(-c3c(C)noc3C)cc(N3C[C@H]4C[C@@H]3CN4S(C)(=O)=O)n2)c1. The fourth-order valence-electron chi connectivity index (χ4n) is 5.22. The van der Waals surface area contributed by atoms with Crippen LogP contribution < -0.4 is 15.0 Å². The molecule has 198 valence electrons. The van der Waals surface area contributed by atoms with Gasteiger partial charge in [-0.2, -0.15) is 4.31 Å². The van der Waals surface area contributed by atoms with Crippen LogP contribution in [0.25, 0.3) is 22.6 Å². The van der Waals surface area contributed by atoms with Crippen molar-refractivity contribution in [2.24, 2.45) is 0 Å². The topological polar surface area (TPSA) is 134 Å². The molecule has 37 heavy (non-hydrogen) atoms. The number of nitrogens with one attached hydrogen (secondary N) is 1. The summed E-state index contributed by atoms with van der Waals surface area (Å²) in [4.78, 5) is 11.9. The molecule has 4 heterocycles. The van der Waals surface area contributed by atoms with Crippen LogP contribution in [0.3, 0.4) is 0 Å². The molecule has 2 N–H and O–H groups in total. The number of aromatic nitrogens is 3. The monoisotopic (exact) mass is 528 g/mol. The fourth-order valence-corrected chi connectivity index (χ4v) is 6.35. The van der Waals surface area contributed by atoms with E-state index in [1.165, 1.54) is 6.26 Å². The molecular weight excluding hydrogens is 496 g/mol. The van der Waals surface area contributed by atoms with Gasteiger partial charge in [0.2, 0.25) is 10.0 Å². The van der Waals surface area contributed by atoms with E-state index in [1.54, 1.807) is 11.4 Å². The third kappa shape index (κ3) is 5.19. The first-order valence-corrected chi connectivity index (χ1v) is 14.1. The number of likely N-dealkylation sites (N-methyl/N-ethyl adjacent to an activating group) is 1. The average Bonchev–Trinajstić information content (AvgIpc) is 3.57. The number of sulfonamides is 1. The van der Waals surface area contributed by atoms with Crippen LogP contribution in [0.15, 0.2) is 34.9 Å². The Morgan fingerprint density at radius 3 is 2.68 bits per heavy atom. The number of piperazine rings is 1. The van der Waals surface area contributed by atoms with E-state index in [4.69, 9.17) is 19.2 Å². The predicted octanol–water partition coefficient (Wildman–Crippen LogP) is 1.60. The quantitative estimate of drug-likeness (QED) is 0.422. The summed E-state index contributed by atoms with van der Waals surface area (Å²) in [6.07, 6.45) is 1.41. The lowest BCUT2D eigenvalue weighted by molar-refractivity contribution is 0.108. The van der Waals surface area contributed by atoms with Crippen LogP contribution >= 0.6 is 0 Å². The maximum atomic E-state index is 12.2. The number of aliphatic hydroxyl groups is 1. The fraction of sp³-hybridized carbons (Fsp3) is 0.480. The third-order valence-corrected chi connectivity index (χ3v) is 8.19. The molecule has 0 saturated carbocycles. The van der Waals surface area contributed by atoms with E-state index < -0.39 is 16.1 Å². The molecule has 2 bridgehead atoms. The van der Waals surface area contributed by atoms with Gasteiger partial charge in [0.1, 0.15) is 30.0 Å². The van der Waals surface area contributed by atoms with Crippen LogP contribution in [0.5, 0.6) is 5.75 Å². The number of aryl methyl sites for hydroxylation is 2. The molecule has 2 fully saturated rings. The highest BCUT2D eigenvalue weighted by Gasteiger charge is 2.47. The van der Waals surface area contributed by atoms with E-state index in [0.29, 0.717) is 42.7 Å². The Hall–Kier alpha value is -3.06. The van der Waals surface area contributed by atoms with Crippen molar-refractivity contribution in [1.82, 2.24) is 24.7 Å². The van der Waals surface area contributed by atoms with Crippen molar-refractivity contribution in [3.05, 3.63) is 41.8 Å². The molecule has 2 aliphatic rings. The van der Waals surface area contributed by atoms with Crippen molar-refractivity contribution < 1.29 is 22.8 Å². The van der Waals surface area contributed by atoms with Crippen LogP contribution in [-0.4, -0.2) is 90.7 Å². The Labute approximate surface area is 216 Å². The standard InChI is InChI=1S/C25H32N6O5S/c1-15-24(16(2)36-29-15)22-10-23(30-12-19-9-18(30)13-31(19)37(4,33)34)28-25(27-22)17-6-5-7-21(8-17)35-14-20(32)11-26-3/h5-8,10,18-20,26,32H,9,11-14H2,1-4H3/t18-,19-,20?/m1/s1. The van der Waals surface area contributed by atoms with Crippen molar-refractivity contribution in [3.8, 4) is 28.4 Å². The molecule has 1 aromatic carbocycles. The number of hydrogen-bond donors (Lipinski definition) is 2.